The van der Waals surface area contributed by atoms with Gasteiger partial charge in [-0.15, -0.1) is 0 Å². The molecular formula is C13H14N6O. The molecule has 0 saturated carbocycles. The number of amides is 1. The third kappa shape index (κ3) is 2.33. The number of hydrogen-bond acceptors (Lipinski definition) is 4. The number of fused-ring (bicyclic) bond motifs is 1. The first kappa shape index (κ1) is 12.2. The zero-order valence-electron chi connectivity index (χ0n) is 10.7. The molecule has 1 amide bonds. The average Bonchev–Trinajstić information content (AvgIpc) is 3.07. The van der Waals surface area contributed by atoms with E-state index < -0.39 is 0 Å². The SMILES string of the molecule is Nc1cccc2cc(C(=O)NCCc3ncn[nH]3)[nH]c12. The summed E-state index contributed by atoms with van der Waals surface area (Å²) in [5, 5.41) is 10.2. The van der Waals surface area contributed by atoms with Gasteiger partial charge in [-0.05, 0) is 12.1 Å². The number of aromatic amines is 2. The number of rotatable bonds is 4. The smallest absolute Gasteiger partial charge is 0.267 e. The van der Waals surface area contributed by atoms with E-state index in [9.17, 15) is 4.79 Å². The molecule has 0 atom stereocenters. The van der Waals surface area contributed by atoms with Gasteiger partial charge in [-0.1, -0.05) is 12.1 Å². The summed E-state index contributed by atoms with van der Waals surface area (Å²) < 4.78 is 0. The van der Waals surface area contributed by atoms with E-state index in [0.717, 1.165) is 16.7 Å². The van der Waals surface area contributed by atoms with Crippen LogP contribution in [0.2, 0.25) is 0 Å². The van der Waals surface area contributed by atoms with E-state index in [1.54, 1.807) is 12.1 Å². The van der Waals surface area contributed by atoms with Crippen molar-refractivity contribution < 1.29 is 4.79 Å². The van der Waals surface area contributed by atoms with Gasteiger partial charge in [0.2, 0.25) is 0 Å². The number of carbonyl (C=O) groups excluding carboxylic acids is 1. The lowest BCUT2D eigenvalue weighted by atomic mass is 10.2. The molecule has 0 aliphatic rings. The number of aromatic nitrogens is 4. The molecule has 0 bridgehead atoms. The van der Waals surface area contributed by atoms with Crippen LogP contribution >= 0.6 is 0 Å². The van der Waals surface area contributed by atoms with E-state index in [4.69, 9.17) is 5.73 Å². The minimum atomic E-state index is -0.167. The highest BCUT2D eigenvalue weighted by Crippen LogP contribution is 2.20. The summed E-state index contributed by atoms with van der Waals surface area (Å²) >= 11 is 0. The predicted octanol–water partition coefficient (Wildman–Crippen LogP) is 0.841. The second-order valence-electron chi connectivity index (χ2n) is 4.43. The second kappa shape index (κ2) is 5.04. The Morgan fingerprint density at radius 1 is 1.40 bits per heavy atom. The lowest BCUT2D eigenvalue weighted by molar-refractivity contribution is 0.0950. The molecule has 3 aromatic rings. The van der Waals surface area contributed by atoms with Gasteiger partial charge < -0.3 is 16.0 Å². The lowest BCUT2D eigenvalue weighted by Crippen LogP contribution is -2.26. The number of nitrogens with one attached hydrogen (secondary N) is 3. The molecule has 3 rings (SSSR count). The standard InChI is InChI=1S/C13H14N6O/c14-9-3-1-2-8-6-10(18-12(8)9)13(20)15-5-4-11-16-7-17-19-11/h1-3,6-7,18H,4-5,14H2,(H,15,20)(H,16,17,19). The Balaban J connectivity index is 1.68. The van der Waals surface area contributed by atoms with Crippen LogP contribution in [0.5, 0.6) is 0 Å². The van der Waals surface area contributed by atoms with Crippen LogP contribution in [-0.4, -0.2) is 32.6 Å². The van der Waals surface area contributed by atoms with Crippen molar-refractivity contribution in [3.8, 4) is 0 Å². The Labute approximate surface area is 114 Å². The molecule has 2 aromatic heterocycles. The Bertz CT molecular complexity index is 730. The van der Waals surface area contributed by atoms with Gasteiger partial charge in [-0.25, -0.2) is 4.98 Å². The molecule has 0 unspecified atom stereocenters. The van der Waals surface area contributed by atoms with E-state index in [0.29, 0.717) is 24.3 Å². The monoisotopic (exact) mass is 270 g/mol. The quantitative estimate of drug-likeness (QED) is 0.526. The van der Waals surface area contributed by atoms with Crippen LogP contribution in [0.25, 0.3) is 10.9 Å². The summed E-state index contributed by atoms with van der Waals surface area (Å²) in [5.74, 6) is 0.575. The van der Waals surface area contributed by atoms with Crippen LogP contribution < -0.4 is 11.1 Å². The van der Waals surface area contributed by atoms with Crippen molar-refractivity contribution >= 4 is 22.5 Å². The number of nitrogens with zero attached hydrogens (tertiary/aromatic N) is 2. The third-order valence-electron chi connectivity index (χ3n) is 3.05. The van der Waals surface area contributed by atoms with Gasteiger partial charge in [0.25, 0.3) is 5.91 Å². The van der Waals surface area contributed by atoms with Gasteiger partial charge in [-0.2, -0.15) is 5.10 Å². The van der Waals surface area contributed by atoms with Gasteiger partial charge in [0.05, 0.1) is 11.2 Å². The van der Waals surface area contributed by atoms with E-state index in [-0.39, 0.29) is 5.91 Å². The van der Waals surface area contributed by atoms with Crippen molar-refractivity contribution in [1.82, 2.24) is 25.5 Å². The first-order valence-corrected chi connectivity index (χ1v) is 6.23. The number of nitrogens with two attached hydrogens (primary N) is 1. The maximum atomic E-state index is 12.0. The third-order valence-corrected chi connectivity index (χ3v) is 3.05. The summed E-state index contributed by atoms with van der Waals surface area (Å²) in [6.45, 7) is 0.485. The van der Waals surface area contributed by atoms with Gasteiger partial charge in [0.1, 0.15) is 17.8 Å². The fourth-order valence-electron chi connectivity index (χ4n) is 2.04. The van der Waals surface area contributed by atoms with Gasteiger partial charge >= 0.3 is 0 Å². The highest BCUT2D eigenvalue weighted by atomic mass is 16.1. The zero-order chi connectivity index (χ0) is 13.9. The summed E-state index contributed by atoms with van der Waals surface area (Å²) in [7, 11) is 0. The van der Waals surface area contributed by atoms with Crippen molar-refractivity contribution in [3.63, 3.8) is 0 Å². The first-order chi connectivity index (χ1) is 9.74. The number of H-pyrrole nitrogens is 2. The van der Waals surface area contributed by atoms with Crippen molar-refractivity contribution in [2.45, 2.75) is 6.42 Å². The molecular weight excluding hydrogens is 256 g/mol. The van der Waals surface area contributed by atoms with E-state index >= 15 is 0 Å². The molecule has 2 heterocycles. The number of anilines is 1. The molecule has 0 saturated heterocycles. The van der Waals surface area contributed by atoms with Crippen molar-refractivity contribution in [1.29, 1.82) is 0 Å². The maximum absolute atomic E-state index is 12.0. The molecule has 0 aliphatic heterocycles. The van der Waals surface area contributed by atoms with Crippen LogP contribution in [0.15, 0.2) is 30.6 Å². The Hall–Kier alpha value is -2.83. The molecule has 102 valence electrons. The highest BCUT2D eigenvalue weighted by Gasteiger charge is 2.10. The fourth-order valence-corrected chi connectivity index (χ4v) is 2.04. The van der Waals surface area contributed by atoms with E-state index in [1.807, 2.05) is 12.1 Å². The van der Waals surface area contributed by atoms with E-state index in [2.05, 4.69) is 25.5 Å². The topological polar surface area (TPSA) is 112 Å². The summed E-state index contributed by atoms with van der Waals surface area (Å²) in [5.41, 5.74) is 7.76. The molecule has 7 nitrogen and oxygen atoms in total. The number of hydrogen-bond donors (Lipinski definition) is 4. The molecule has 0 aliphatic carbocycles. The van der Waals surface area contributed by atoms with Crippen LogP contribution in [0, 0.1) is 0 Å². The van der Waals surface area contributed by atoms with Gasteiger partial charge in [0, 0.05) is 18.4 Å². The largest absolute Gasteiger partial charge is 0.397 e. The molecule has 0 radical (unpaired) electrons. The summed E-state index contributed by atoms with van der Waals surface area (Å²) in [4.78, 5) is 19.0. The zero-order valence-corrected chi connectivity index (χ0v) is 10.7. The molecule has 20 heavy (non-hydrogen) atoms. The average molecular weight is 270 g/mol. The van der Waals surface area contributed by atoms with Crippen LogP contribution in [0.4, 0.5) is 5.69 Å². The van der Waals surface area contributed by atoms with E-state index in [1.165, 1.54) is 6.33 Å². The first-order valence-electron chi connectivity index (χ1n) is 6.23. The molecule has 0 fully saturated rings. The lowest BCUT2D eigenvalue weighted by Gasteiger charge is -2.01. The molecule has 1 aromatic carbocycles. The summed E-state index contributed by atoms with van der Waals surface area (Å²) in [6.07, 6.45) is 2.05. The van der Waals surface area contributed by atoms with Crippen LogP contribution in [-0.2, 0) is 6.42 Å². The Morgan fingerprint density at radius 2 is 2.30 bits per heavy atom. The minimum absolute atomic E-state index is 0.167. The number of carbonyl (C=O) groups is 1. The van der Waals surface area contributed by atoms with Crippen molar-refractivity contribution in [2.75, 3.05) is 12.3 Å². The summed E-state index contributed by atoms with van der Waals surface area (Å²) in [6, 6.07) is 7.35. The number of benzene rings is 1. The number of para-hydroxylation sites is 1. The molecule has 5 N–H and O–H groups in total. The van der Waals surface area contributed by atoms with Gasteiger partial charge in [0.15, 0.2) is 0 Å². The second-order valence-corrected chi connectivity index (χ2v) is 4.43. The normalized spacial score (nSPS) is 10.8. The predicted molar refractivity (Wildman–Crippen MR) is 75.1 cm³/mol. The van der Waals surface area contributed by atoms with Crippen LogP contribution in [0.1, 0.15) is 16.3 Å². The molecule has 7 heteroatoms. The van der Waals surface area contributed by atoms with Gasteiger partial charge in [-0.3, -0.25) is 9.89 Å². The Morgan fingerprint density at radius 3 is 3.05 bits per heavy atom. The maximum Gasteiger partial charge on any atom is 0.267 e. The van der Waals surface area contributed by atoms with Crippen molar-refractivity contribution in [3.05, 3.63) is 42.1 Å². The van der Waals surface area contributed by atoms with Crippen LogP contribution in [0.3, 0.4) is 0 Å². The molecule has 0 spiro atoms. The Kier molecular flexibility index (Phi) is 3.08. The minimum Gasteiger partial charge on any atom is -0.397 e. The highest BCUT2D eigenvalue weighted by molar-refractivity contribution is 6.00. The number of nitrogen functional groups attached to an aromatic ring is 1. The van der Waals surface area contributed by atoms with Crippen molar-refractivity contribution in [2.24, 2.45) is 0 Å². The fraction of sp³-hybridized carbons (Fsp3) is 0.154.